The van der Waals surface area contributed by atoms with Crippen molar-refractivity contribution in [3.8, 4) is 0 Å². The molecule has 0 radical (unpaired) electrons. The lowest BCUT2D eigenvalue weighted by atomic mass is 10.2. The first kappa shape index (κ1) is 20.9. The molecule has 5 nitrogen and oxygen atoms in total. The molecule has 0 aromatic heterocycles. The summed E-state index contributed by atoms with van der Waals surface area (Å²) in [7, 11) is 0. The molecule has 0 spiro atoms. The van der Waals surface area contributed by atoms with Crippen LogP contribution in [0.15, 0.2) is 29.2 Å². The number of anilines is 1. The summed E-state index contributed by atoms with van der Waals surface area (Å²) in [6.45, 7) is 10.8. The van der Waals surface area contributed by atoms with E-state index in [0.717, 1.165) is 51.3 Å². The summed E-state index contributed by atoms with van der Waals surface area (Å²) in [5.41, 5.74) is 1.39. The van der Waals surface area contributed by atoms with Crippen LogP contribution in [0.2, 0.25) is 0 Å². The number of amides is 1. The van der Waals surface area contributed by atoms with Crippen LogP contribution in [0.5, 0.6) is 0 Å². The first-order chi connectivity index (χ1) is 12.7. The van der Waals surface area contributed by atoms with Gasteiger partial charge < -0.3 is 15.0 Å². The van der Waals surface area contributed by atoms with Gasteiger partial charge >= 0.3 is 6.09 Å². The third-order valence-electron chi connectivity index (χ3n) is 4.57. The van der Waals surface area contributed by atoms with Crippen LogP contribution in [-0.2, 0) is 4.74 Å². The summed E-state index contributed by atoms with van der Waals surface area (Å²) < 4.78 is 4.85. The number of carbonyl (C=O) groups excluding carboxylic acids is 1. The standard InChI is InChI=1S/C20H33N3O2S/c1-3-25-20(24)21-12-8-5-9-13-22-14-16-23(17-15-22)18-10-6-7-11-19(18)26-4-2/h6-7,10-11H,3-5,8-9,12-17H2,1-2H3,(H,21,24). The third kappa shape index (κ3) is 7.08. The zero-order chi connectivity index (χ0) is 18.6. The summed E-state index contributed by atoms with van der Waals surface area (Å²) in [4.78, 5) is 17.7. The number of nitrogens with one attached hydrogen (secondary N) is 1. The average molecular weight is 380 g/mol. The number of piperazine rings is 1. The monoisotopic (exact) mass is 379 g/mol. The molecule has 1 aliphatic rings. The van der Waals surface area contributed by atoms with Gasteiger partial charge in [0.25, 0.3) is 0 Å². The third-order valence-corrected chi connectivity index (χ3v) is 5.52. The van der Waals surface area contributed by atoms with Crippen molar-refractivity contribution in [2.45, 2.75) is 38.0 Å². The second-order valence-electron chi connectivity index (χ2n) is 6.44. The lowest BCUT2D eigenvalue weighted by molar-refractivity contribution is 0.152. The van der Waals surface area contributed by atoms with Crippen molar-refractivity contribution in [1.82, 2.24) is 10.2 Å². The SMILES string of the molecule is CCOC(=O)NCCCCCN1CCN(c2ccccc2SCC)CC1. The molecule has 1 aliphatic heterocycles. The Morgan fingerprint density at radius 3 is 2.62 bits per heavy atom. The van der Waals surface area contributed by atoms with Gasteiger partial charge in [0.2, 0.25) is 0 Å². The molecular formula is C20H33N3O2S. The van der Waals surface area contributed by atoms with Crippen molar-refractivity contribution >= 4 is 23.5 Å². The number of thioether (sulfide) groups is 1. The first-order valence-corrected chi connectivity index (χ1v) is 10.8. The summed E-state index contributed by atoms with van der Waals surface area (Å²) in [6, 6.07) is 8.77. The molecule has 0 atom stereocenters. The quantitative estimate of drug-likeness (QED) is 0.494. The van der Waals surface area contributed by atoms with Gasteiger partial charge in [-0.1, -0.05) is 25.5 Å². The minimum atomic E-state index is -0.301. The maximum atomic E-state index is 11.2. The molecule has 1 N–H and O–H groups in total. The molecule has 1 fully saturated rings. The zero-order valence-corrected chi connectivity index (χ0v) is 17.0. The maximum absolute atomic E-state index is 11.2. The van der Waals surface area contributed by atoms with Gasteiger partial charge in [-0.3, -0.25) is 4.90 Å². The van der Waals surface area contributed by atoms with Crippen LogP contribution in [0, 0.1) is 0 Å². The largest absolute Gasteiger partial charge is 0.450 e. The predicted molar refractivity (Wildman–Crippen MR) is 110 cm³/mol. The van der Waals surface area contributed by atoms with E-state index in [1.54, 1.807) is 0 Å². The van der Waals surface area contributed by atoms with Gasteiger partial charge in [0.05, 0.1) is 12.3 Å². The molecule has 1 aromatic rings. The Morgan fingerprint density at radius 2 is 1.88 bits per heavy atom. The van der Waals surface area contributed by atoms with Gasteiger partial charge in [0, 0.05) is 37.6 Å². The molecule has 146 valence electrons. The van der Waals surface area contributed by atoms with E-state index in [2.05, 4.69) is 46.3 Å². The number of ether oxygens (including phenoxy) is 1. The van der Waals surface area contributed by atoms with E-state index in [1.165, 1.54) is 17.0 Å². The highest BCUT2D eigenvalue weighted by atomic mass is 32.2. The van der Waals surface area contributed by atoms with Crippen LogP contribution in [0.1, 0.15) is 33.1 Å². The highest BCUT2D eigenvalue weighted by Gasteiger charge is 2.18. The van der Waals surface area contributed by atoms with E-state index in [-0.39, 0.29) is 6.09 Å². The molecule has 1 amide bonds. The Labute approximate surface area is 162 Å². The fourth-order valence-electron chi connectivity index (χ4n) is 3.22. The van der Waals surface area contributed by atoms with Gasteiger partial charge in [0.1, 0.15) is 0 Å². The van der Waals surface area contributed by atoms with E-state index in [1.807, 2.05) is 18.7 Å². The van der Waals surface area contributed by atoms with Crippen LogP contribution in [-0.4, -0.2) is 62.6 Å². The molecule has 2 rings (SSSR count). The van der Waals surface area contributed by atoms with Gasteiger partial charge in [0.15, 0.2) is 0 Å². The molecule has 1 aromatic carbocycles. The average Bonchev–Trinajstić information content (AvgIpc) is 2.66. The van der Waals surface area contributed by atoms with Gasteiger partial charge in [-0.05, 0) is 44.2 Å². The number of carbonyl (C=O) groups is 1. The number of benzene rings is 1. The Morgan fingerprint density at radius 1 is 1.12 bits per heavy atom. The lowest BCUT2D eigenvalue weighted by Gasteiger charge is -2.37. The molecule has 0 saturated carbocycles. The van der Waals surface area contributed by atoms with Crippen molar-refractivity contribution in [3.63, 3.8) is 0 Å². The van der Waals surface area contributed by atoms with Crippen molar-refractivity contribution < 1.29 is 9.53 Å². The highest BCUT2D eigenvalue weighted by Crippen LogP contribution is 2.30. The van der Waals surface area contributed by atoms with Crippen LogP contribution >= 0.6 is 11.8 Å². The minimum absolute atomic E-state index is 0.301. The smallest absolute Gasteiger partial charge is 0.407 e. The minimum Gasteiger partial charge on any atom is -0.450 e. The normalized spacial score (nSPS) is 15.1. The number of hydrogen-bond donors (Lipinski definition) is 1. The highest BCUT2D eigenvalue weighted by molar-refractivity contribution is 7.99. The van der Waals surface area contributed by atoms with Crippen LogP contribution in [0.4, 0.5) is 10.5 Å². The summed E-state index contributed by atoms with van der Waals surface area (Å²) in [5, 5.41) is 2.78. The second-order valence-corrected chi connectivity index (χ2v) is 7.74. The van der Waals surface area contributed by atoms with E-state index in [0.29, 0.717) is 13.2 Å². The van der Waals surface area contributed by atoms with Crippen molar-refractivity contribution in [1.29, 1.82) is 0 Å². The molecule has 1 saturated heterocycles. The van der Waals surface area contributed by atoms with Crippen LogP contribution in [0.3, 0.4) is 0 Å². The Bertz CT molecular complexity index is 534. The number of nitrogens with zero attached hydrogens (tertiary/aromatic N) is 2. The number of para-hydroxylation sites is 1. The van der Waals surface area contributed by atoms with Crippen molar-refractivity contribution in [3.05, 3.63) is 24.3 Å². The Hall–Kier alpha value is -1.40. The topological polar surface area (TPSA) is 44.8 Å². The molecule has 6 heteroatoms. The van der Waals surface area contributed by atoms with Gasteiger partial charge in [-0.15, -0.1) is 11.8 Å². The van der Waals surface area contributed by atoms with Crippen molar-refractivity contribution in [2.75, 3.05) is 56.5 Å². The second kappa shape index (κ2) is 12.1. The molecule has 0 aliphatic carbocycles. The first-order valence-electron chi connectivity index (χ1n) is 9.84. The zero-order valence-electron chi connectivity index (χ0n) is 16.2. The molecule has 1 heterocycles. The van der Waals surface area contributed by atoms with Crippen molar-refractivity contribution in [2.24, 2.45) is 0 Å². The maximum Gasteiger partial charge on any atom is 0.407 e. The summed E-state index contributed by atoms with van der Waals surface area (Å²) >= 11 is 1.93. The predicted octanol–water partition coefficient (Wildman–Crippen LogP) is 3.84. The Balaban J connectivity index is 1.61. The number of alkyl carbamates (subject to hydrolysis) is 1. The van der Waals surface area contributed by atoms with E-state index in [9.17, 15) is 4.79 Å². The van der Waals surface area contributed by atoms with Gasteiger partial charge in [-0.25, -0.2) is 4.79 Å². The molecule has 0 unspecified atom stereocenters. The molecule has 26 heavy (non-hydrogen) atoms. The van der Waals surface area contributed by atoms with E-state index < -0.39 is 0 Å². The Kier molecular flexibility index (Phi) is 9.71. The summed E-state index contributed by atoms with van der Waals surface area (Å²) in [5.74, 6) is 1.11. The fraction of sp³-hybridized carbons (Fsp3) is 0.650. The van der Waals surface area contributed by atoms with Crippen LogP contribution < -0.4 is 10.2 Å². The van der Waals surface area contributed by atoms with Gasteiger partial charge in [-0.2, -0.15) is 0 Å². The lowest BCUT2D eigenvalue weighted by Crippen LogP contribution is -2.46. The van der Waals surface area contributed by atoms with Crippen LogP contribution in [0.25, 0.3) is 0 Å². The summed E-state index contributed by atoms with van der Waals surface area (Å²) in [6.07, 6.45) is 3.04. The van der Waals surface area contributed by atoms with E-state index in [4.69, 9.17) is 4.74 Å². The number of hydrogen-bond acceptors (Lipinski definition) is 5. The molecule has 0 bridgehead atoms. The number of rotatable bonds is 10. The number of unbranched alkanes of at least 4 members (excludes halogenated alkanes) is 2. The fourth-order valence-corrected chi connectivity index (χ4v) is 4.05. The molecular weight excluding hydrogens is 346 g/mol. The van der Waals surface area contributed by atoms with E-state index >= 15 is 0 Å².